The van der Waals surface area contributed by atoms with Crippen LogP contribution in [-0.4, -0.2) is 53.2 Å². The van der Waals surface area contributed by atoms with E-state index in [1.54, 1.807) is 19.4 Å². The quantitative estimate of drug-likeness (QED) is 0.542. The van der Waals surface area contributed by atoms with E-state index in [-0.39, 0.29) is 12.6 Å². The second-order valence-electron chi connectivity index (χ2n) is 8.37. The Morgan fingerprint density at radius 2 is 1.76 bits per heavy atom. The molecular weight excluding hydrogens is 438 g/mol. The van der Waals surface area contributed by atoms with E-state index in [0.29, 0.717) is 4.90 Å². The number of ether oxygens (including phenoxy) is 1. The lowest BCUT2D eigenvalue weighted by atomic mass is 10.1. The number of methoxy groups -OCH3 is 1. The van der Waals surface area contributed by atoms with Crippen LogP contribution in [0.4, 0.5) is 5.69 Å². The first-order valence-corrected chi connectivity index (χ1v) is 12.6. The van der Waals surface area contributed by atoms with Crippen molar-refractivity contribution in [1.29, 1.82) is 0 Å². The van der Waals surface area contributed by atoms with E-state index in [4.69, 9.17) is 9.15 Å². The summed E-state index contributed by atoms with van der Waals surface area (Å²) in [5, 5.41) is 0. The number of aryl methyl sites for hydroxylation is 2. The van der Waals surface area contributed by atoms with E-state index in [2.05, 4.69) is 26.7 Å². The molecule has 8 heteroatoms. The molecule has 1 aromatic heterocycles. The summed E-state index contributed by atoms with van der Waals surface area (Å²) in [7, 11) is -1.97. The van der Waals surface area contributed by atoms with E-state index in [1.165, 1.54) is 0 Å². The first-order valence-electron chi connectivity index (χ1n) is 11.1. The second kappa shape index (κ2) is 9.99. The van der Waals surface area contributed by atoms with E-state index < -0.39 is 10.0 Å². The minimum absolute atomic E-state index is 0.182. The Labute approximate surface area is 196 Å². The maximum Gasteiger partial charge on any atom is 0.240 e. The minimum Gasteiger partial charge on any atom is -0.497 e. The van der Waals surface area contributed by atoms with Gasteiger partial charge in [0.25, 0.3) is 0 Å². The smallest absolute Gasteiger partial charge is 0.240 e. The van der Waals surface area contributed by atoms with Crippen molar-refractivity contribution in [2.45, 2.75) is 24.8 Å². The average molecular weight is 470 g/mol. The summed E-state index contributed by atoms with van der Waals surface area (Å²) in [6, 6.07) is 17.0. The van der Waals surface area contributed by atoms with Gasteiger partial charge in [0.2, 0.25) is 10.0 Å². The van der Waals surface area contributed by atoms with Crippen molar-refractivity contribution in [3.8, 4) is 5.75 Å². The van der Waals surface area contributed by atoms with Crippen molar-refractivity contribution < 1.29 is 17.6 Å². The van der Waals surface area contributed by atoms with Crippen LogP contribution in [0.25, 0.3) is 0 Å². The first-order chi connectivity index (χ1) is 15.9. The Bertz CT molecular complexity index is 1150. The third-order valence-corrected chi connectivity index (χ3v) is 7.73. The Balaban J connectivity index is 1.45. The van der Waals surface area contributed by atoms with E-state index in [9.17, 15) is 8.42 Å². The number of benzene rings is 2. The summed E-state index contributed by atoms with van der Waals surface area (Å²) in [6.45, 7) is 7.29. The monoisotopic (exact) mass is 469 g/mol. The fraction of sp³-hybridized carbons (Fsp3) is 0.360. The zero-order valence-corrected chi connectivity index (χ0v) is 20.1. The molecule has 0 bridgehead atoms. The van der Waals surface area contributed by atoms with Gasteiger partial charge >= 0.3 is 0 Å². The molecule has 1 aliphatic rings. The van der Waals surface area contributed by atoms with Gasteiger partial charge in [0.05, 0.1) is 24.3 Å². The maximum absolute atomic E-state index is 13.0. The molecule has 0 saturated carbocycles. The van der Waals surface area contributed by atoms with Crippen molar-refractivity contribution in [2.75, 3.05) is 44.7 Å². The SMILES string of the molecule is COc1ccc(N2CCN(C(CNS(=O)(=O)c3ccc(C)cc3C)c3ccco3)CC2)cc1. The van der Waals surface area contributed by atoms with Crippen molar-refractivity contribution in [2.24, 2.45) is 0 Å². The normalized spacial score (nSPS) is 16.0. The van der Waals surface area contributed by atoms with Gasteiger partial charge in [-0.15, -0.1) is 0 Å². The van der Waals surface area contributed by atoms with Crippen LogP contribution in [-0.2, 0) is 10.0 Å². The third-order valence-electron chi connectivity index (χ3n) is 6.15. The highest BCUT2D eigenvalue weighted by Crippen LogP contribution is 2.26. The summed E-state index contributed by atoms with van der Waals surface area (Å²) >= 11 is 0. The Kier molecular flexibility index (Phi) is 7.07. The molecule has 1 unspecified atom stereocenters. The van der Waals surface area contributed by atoms with Crippen LogP contribution >= 0.6 is 0 Å². The van der Waals surface area contributed by atoms with Gasteiger partial charge in [-0.2, -0.15) is 0 Å². The molecule has 176 valence electrons. The number of sulfonamides is 1. The summed E-state index contributed by atoms with van der Waals surface area (Å²) in [4.78, 5) is 4.92. The molecule has 4 rings (SSSR count). The zero-order chi connectivity index (χ0) is 23.4. The molecule has 0 amide bonds. The maximum atomic E-state index is 13.0. The van der Waals surface area contributed by atoms with Gasteiger partial charge < -0.3 is 14.1 Å². The van der Waals surface area contributed by atoms with Crippen LogP contribution in [0.3, 0.4) is 0 Å². The average Bonchev–Trinajstić information content (AvgIpc) is 3.34. The van der Waals surface area contributed by atoms with Gasteiger partial charge in [-0.3, -0.25) is 4.90 Å². The molecule has 0 radical (unpaired) electrons. The summed E-state index contributed by atoms with van der Waals surface area (Å²) in [6.07, 6.45) is 1.63. The molecule has 1 aliphatic heterocycles. The van der Waals surface area contributed by atoms with E-state index >= 15 is 0 Å². The molecule has 0 spiro atoms. The highest BCUT2D eigenvalue weighted by molar-refractivity contribution is 7.89. The zero-order valence-electron chi connectivity index (χ0n) is 19.3. The highest BCUT2D eigenvalue weighted by Gasteiger charge is 2.29. The van der Waals surface area contributed by atoms with Gasteiger partial charge in [0.15, 0.2) is 0 Å². The first kappa shape index (κ1) is 23.4. The molecule has 2 aromatic carbocycles. The van der Waals surface area contributed by atoms with Crippen molar-refractivity contribution in [3.05, 3.63) is 77.7 Å². The van der Waals surface area contributed by atoms with Crippen LogP contribution < -0.4 is 14.4 Å². The number of nitrogens with zero attached hydrogens (tertiary/aromatic N) is 2. The fourth-order valence-corrected chi connectivity index (χ4v) is 5.61. The molecule has 1 saturated heterocycles. The number of anilines is 1. The van der Waals surface area contributed by atoms with Gasteiger partial charge in [-0.1, -0.05) is 17.7 Å². The molecule has 1 N–H and O–H groups in total. The van der Waals surface area contributed by atoms with Crippen LogP contribution in [0.2, 0.25) is 0 Å². The Morgan fingerprint density at radius 1 is 1.03 bits per heavy atom. The molecule has 1 atom stereocenters. The molecule has 2 heterocycles. The number of rotatable bonds is 8. The number of hydrogen-bond acceptors (Lipinski definition) is 6. The van der Waals surface area contributed by atoms with Crippen molar-refractivity contribution >= 4 is 15.7 Å². The van der Waals surface area contributed by atoms with Crippen LogP contribution in [0.1, 0.15) is 22.9 Å². The van der Waals surface area contributed by atoms with Gasteiger partial charge in [0, 0.05) is 38.4 Å². The summed E-state index contributed by atoms with van der Waals surface area (Å²) in [5.41, 5.74) is 2.93. The third kappa shape index (κ3) is 5.40. The van der Waals surface area contributed by atoms with Crippen LogP contribution in [0.5, 0.6) is 5.75 Å². The van der Waals surface area contributed by atoms with Crippen molar-refractivity contribution in [3.63, 3.8) is 0 Å². The Morgan fingerprint density at radius 3 is 2.36 bits per heavy atom. The molecule has 1 fully saturated rings. The largest absolute Gasteiger partial charge is 0.497 e. The molecule has 7 nitrogen and oxygen atoms in total. The molecule has 3 aromatic rings. The van der Waals surface area contributed by atoms with Crippen LogP contribution in [0, 0.1) is 13.8 Å². The fourth-order valence-electron chi connectivity index (χ4n) is 4.34. The van der Waals surface area contributed by atoms with E-state index in [1.807, 2.05) is 50.2 Å². The number of hydrogen-bond donors (Lipinski definition) is 1. The highest BCUT2D eigenvalue weighted by atomic mass is 32.2. The lowest BCUT2D eigenvalue weighted by Gasteiger charge is -2.39. The van der Waals surface area contributed by atoms with E-state index in [0.717, 1.165) is 54.5 Å². The summed E-state index contributed by atoms with van der Waals surface area (Å²) < 4.78 is 39.8. The summed E-state index contributed by atoms with van der Waals surface area (Å²) in [5.74, 6) is 1.60. The molecule has 33 heavy (non-hydrogen) atoms. The predicted molar refractivity (Wildman–Crippen MR) is 129 cm³/mol. The Hall–Kier alpha value is -2.81. The number of piperazine rings is 1. The van der Waals surface area contributed by atoms with Crippen molar-refractivity contribution in [1.82, 2.24) is 9.62 Å². The van der Waals surface area contributed by atoms with Crippen LogP contribution in [0.15, 0.2) is 70.2 Å². The van der Waals surface area contributed by atoms with Gasteiger partial charge in [-0.05, 0) is 61.9 Å². The van der Waals surface area contributed by atoms with Gasteiger partial charge in [0.1, 0.15) is 11.5 Å². The minimum atomic E-state index is -3.63. The lowest BCUT2D eigenvalue weighted by Crippen LogP contribution is -2.49. The topological polar surface area (TPSA) is 75.0 Å². The molecule has 0 aliphatic carbocycles. The predicted octanol–water partition coefficient (Wildman–Crippen LogP) is 3.75. The number of furan rings is 1. The lowest BCUT2D eigenvalue weighted by molar-refractivity contribution is 0.166. The van der Waals surface area contributed by atoms with Gasteiger partial charge in [-0.25, -0.2) is 13.1 Å². The molecular formula is C25H31N3O4S. The standard InChI is InChI=1S/C25H31N3O4S/c1-19-6-11-25(20(2)17-19)33(29,30)26-18-23(24-5-4-16-32-24)28-14-12-27(13-15-28)21-7-9-22(31-3)10-8-21/h4-11,16-17,23,26H,12-15,18H2,1-3H3. The number of nitrogens with one attached hydrogen (secondary N) is 1. The second-order valence-corrected chi connectivity index (χ2v) is 10.1.